The molecule has 0 saturated heterocycles. The molecule has 3 heterocycles. The first kappa shape index (κ1) is 20.4. The first-order valence-corrected chi connectivity index (χ1v) is 9.39. The minimum atomic E-state index is -0.967. The molecule has 31 heavy (non-hydrogen) atoms. The van der Waals surface area contributed by atoms with Crippen LogP contribution in [0.3, 0.4) is 0 Å². The summed E-state index contributed by atoms with van der Waals surface area (Å²) >= 11 is 5.94. The first-order chi connectivity index (χ1) is 14.9. The average molecular weight is 444 g/mol. The van der Waals surface area contributed by atoms with E-state index in [1.54, 1.807) is 24.3 Å². The van der Waals surface area contributed by atoms with Crippen LogP contribution >= 0.6 is 11.6 Å². The van der Waals surface area contributed by atoms with Gasteiger partial charge >= 0.3 is 5.97 Å². The average Bonchev–Trinajstić information content (AvgIpc) is 3.52. The predicted molar refractivity (Wildman–Crippen MR) is 107 cm³/mol. The van der Waals surface area contributed by atoms with E-state index in [1.807, 2.05) is 0 Å². The van der Waals surface area contributed by atoms with Crippen molar-refractivity contribution in [2.45, 2.75) is 12.5 Å². The minimum absolute atomic E-state index is 0.0317. The summed E-state index contributed by atoms with van der Waals surface area (Å²) in [5.41, 5.74) is -0.00644. The number of nitro benzene ring substituents is 1. The number of ether oxygens (including phenoxy) is 1. The Bertz CT molecular complexity index is 1160. The molecule has 1 amide bonds. The van der Waals surface area contributed by atoms with Crippen LogP contribution in [0.15, 0.2) is 68.9 Å². The Morgan fingerprint density at radius 1 is 1.23 bits per heavy atom. The van der Waals surface area contributed by atoms with Gasteiger partial charge in [-0.2, -0.15) is 5.10 Å². The second kappa shape index (κ2) is 8.44. The molecule has 4 rings (SSSR count). The highest BCUT2D eigenvalue weighted by Crippen LogP contribution is 2.33. The van der Waals surface area contributed by atoms with E-state index in [0.717, 1.165) is 12.1 Å². The van der Waals surface area contributed by atoms with Crippen LogP contribution in [0.2, 0.25) is 5.02 Å². The lowest BCUT2D eigenvalue weighted by atomic mass is 10.1. The van der Waals surface area contributed by atoms with Gasteiger partial charge in [0.05, 0.1) is 28.0 Å². The SMILES string of the molecule is O=C(OCC(=O)N1N=C(c2ccco2)CC1c1ccco1)c1cc([N+](=O)[O-])ccc1Cl. The highest BCUT2D eigenvalue weighted by molar-refractivity contribution is 6.33. The fourth-order valence-electron chi connectivity index (χ4n) is 3.09. The van der Waals surface area contributed by atoms with E-state index in [-0.39, 0.29) is 16.3 Å². The molecule has 0 saturated carbocycles. The third-order valence-corrected chi connectivity index (χ3v) is 4.88. The number of nitrogens with zero attached hydrogens (tertiary/aromatic N) is 3. The monoisotopic (exact) mass is 443 g/mol. The first-order valence-electron chi connectivity index (χ1n) is 9.02. The molecule has 1 aliphatic rings. The summed E-state index contributed by atoms with van der Waals surface area (Å²) in [4.78, 5) is 35.4. The minimum Gasteiger partial charge on any atom is -0.467 e. The van der Waals surface area contributed by atoms with Gasteiger partial charge in [0, 0.05) is 18.6 Å². The molecule has 0 N–H and O–H groups in total. The third kappa shape index (κ3) is 4.19. The van der Waals surface area contributed by atoms with Gasteiger partial charge in [-0.15, -0.1) is 0 Å². The number of halogens is 1. The van der Waals surface area contributed by atoms with Gasteiger partial charge in [0.15, 0.2) is 6.61 Å². The molecule has 158 valence electrons. The Kier molecular flexibility index (Phi) is 5.54. The number of hydrogen-bond donors (Lipinski definition) is 0. The van der Waals surface area contributed by atoms with Gasteiger partial charge in [-0.25, -0.2) is 9.80 Å². The number of rotatable bonds is 6. The van der Waals surface area contributed by atoms with Gasteiger partial charge in [-0.3, -0.25) is 14.9 Å². The quantitative estimate of drug-likeness (QED) is 0.320. The van der Waals surface area contributed by atoms with Crippen molar-refractivity contribution in [2.75, 3.05) is 6.61 Å². The zero-order valence-electron chi connectivity index (χ0n) is 15.8. The number of hydrazone groups is 1. The normalized spacial score (nSPS) is 15.6. The van der Waals surface area contributed by atoms with Crippen LogP contribution in [0.5, 0.6) is 0 Å². The van der Waals surface area contributed by atoms with Crippen molar-refractivity contribution in [3.8, 4) is 0 Å². The maximum atomic E-state index is 12.8. The van der Waals surface area contributed by atoms with Crippen LogP contribution in [0.1, 0.15) is 34.3 Å². The summed E-state index contributed by atoms with van der Waals surface area (Å²) in [6.07, 6.45) is 3.32. The molecule has 11 heteroatoms. The lowest BCUT2D eigenvalue weighted by Gasteiger charge is -2.19. The largest absolute Gasteiger partial charge is 0.467 e. The summed E-state index contributed by atoms with van der Waals surface area (Å²) in [5.74, 6) is -0.567. The van der Waals surface area contributed by atoms with Gasteiger partial charge in [0.25, 0.3) is 11.6 Å². The van der Waals surface area contributed by atoms with Crippen LogP contribution in [0.4, 0.5) is 5.69 Å². The molecule has 0 bridgehead atoms. The van der Waals surface area contributed by atoms with Crippen molar-refractivity contribution in [3.63, 3.8) is 0 Å². The Hall–Kier alpha value is -3.92. The fraction of sp³-hybridized carbons (Fsp3) is 0.150. The number of benzene rings is 1. The number of non-ortho nitro benzene ring substituents is 1. The number of carbonyl (C=O) groups is 2. The molecule has 0 spiro atoms. The Morgan fingerprint density at radius 3 is 2.68 bits per heavy atom. The van der Waals surface area contributed by atoms with Crippen LogP contribution in [0, 0.1) is 10.1 Å². The van der Waals surface area contributed by atoms with Gasteiger partial charge in [0.2, 0.25) is 0 Å². The molecule has 0 fully saturated rings. The van der Waals surface area contributed by atoms with Crippen LogP contribution in [0.25, 0.3) is 0 Å². The predicted octanol–water partition coefficient (Wildman–Crippen LogP) is 3.97. The molecule has 1 aliphatic heterocycles. The molecule has 0 radical (unpaired) electrons. The fourth-order valence-corrected chi connectivity index (χ4v) is 3.28. The molecular formula is C20H14ClN3O7. The summed E-state index contributed by atoms with van der Waals surface area (Å²) in [6.45, 7) is -0.649. The van der Waals surface area contributed by atoms with Gasteiger partial charge in [0.1, 0.15) is 23.3 Å². The van der Waals surface area contributed by atoms with Crippen molar-refractivity contribution >= 4 is 34.9 Å². The summed E-state index contributed by atoms with van der Waals surface area (Å²) < 4.78 is 15.8. The highest BCUT2D eigenvalue weighted by atomic mass is 35.5. The van der Waals surface area contributed by atoms with E-state index >= 15 is 0 Å². The molecular weight excluding hydrogens is 430 g/mol. The third-order valence-electron chi connectivity index (χ3n) is 4.55. The lowest BCUT2D eigenvalue weighted by molar-refractivity contribution is -0.384. The van der Waals surface area contributed by atoms with E-state index in [9.17, 15) is 19.7 Å². The Balaban J connectivity index is 1.50. The van der Waals surface area contributed by atoms with Crippen LogP contribution < -0.4 is 0 Å². The van der Waals surface area contributed by atoms with Crippen molar-refractivity contribution in [1.29, 1.82) is 0 Å². The van der Waals surface area contributed by atoms with E-state index < -0.39 is 29.4 Å². The van der Waals surface area contributed by atoms with Crippen molar-refractivity contribution in [1.82, 2.24) is 5.01 Å². The topological polar surface area (TPSA) is 128 Å². The zero-order valence-corrected chi connectivity index (χ0v) is 16.5. The van der Waals surface area contributed by atoms with Gasteiger partial charge < -0.3 is 13.6 Å². The summed E-state index contributed by atoms with van der Waals surface area (Å²) in [6, 6.07) is 9.64. The van der Waals surface area contributed by atoms with E-state index in [4.69, 9.17) is 25.2 Å². The molecule has 1 aromatic carbocycles. The number of carbonyl (C=O) groups excluding carboxylic acids is 2. The van der Waals surface area contributed by atoms with Crippen molar-refractivity contribution in [2.24, 2.45) is 5.10 Å². The number of furan rings is 2. The molecule has 3 aromatic rings. The molecule has 2 aromatic heterocycles. The molecule has 1 atom stereocenters. The standard InChI is InChI=1S/C20H14ClN3O7/c21-14-6-5-12(24(27)28)9-13(14)20(26)31-11-19(25)23-16(18-4-2-8-30-18)10-15(22-23)17-3-1-7-29-17/h1-9,16H,10-11H2. The maximum Gasteiger partial charge on any atom is 0.340 e. The number of hydrogen-bond acceptors (Lipinski definition) is 8. The van der Waals surface area contributed by atoms with Gasteiger partial charge in [-0.05, 0) is 30.3 Å². The molecule has 10 nitrogen and oxygen atoms in total. The molecule has 0 aliphatic carbocycles. The highest BCUT2D eigenvalue weighted by Gasteiger charge is 2.36. The maximum absolute atomic E-state index is 12.8. The summed E-state index contributed by atoms with van der Waals surface area (Å²) in [7, 11) is 0. The second-order valence-electron chi connectivity index (χ2n) is 6.50. The van der Waals surface area contributed by atoms with Crippen LogP contribution in [-0.2, 0) is 9.53 Å². The summed E-state index contributed by atoms with van der Waals surface area (Å²) in [5, 5.41) is 16.4. The number of esters is 1. The number of amides is 1. The Labute approximate surface area is 179 Å². The van der Waals surface area contributed by atoms with E-state index in [2.05, 4.69) is 5.10 Å². The Morgan fingerprint density at radius 2 is 2.00 bits per heavy atom. The zero-order chi connectivity index (χ0) is 22.0. The van der Waals surface area contributed by atoms with Crippen LogP contribution in [-0.4, -0.2) is 34.1 Å². The lowest BCUT2D eigenvalue weighted by Crippen LogP contribution is -2.31. The van der Waals surface area contributed by atoms with E-state index in [1.165, 1.54) is 23.6 Å². The van der Waals surface area contributed by atoms with Crippen molar-refractivity contribution in [3.05, 3.63) is 87.2 Å². The molecule has 1 unspecified atom stereocenters. The smallest absolute Gasteiger partial charge is 0.340 e. The van der Waals surface area contributed by atoms with Gasteiger partial charge in [-0.1, -0.05) is 11.6 Å². The van der Waals surface area contributed by atoms with Crippen molar-refractivity contribution < 1.29 is 28.1 Å². The number of nitro groups is 1. The van der Waals surface area contributed by atoms with E-state index in [0.29, 0.717) is 23.7 Å². The second-order valence-corrected chi connectivity index (χ2v) is 6.90.